The van der Waals surface area contributed by atoms with Crippen molar-refractivity contribution in [3.05, 3.63) is 41.6 Å². The van der Waals surface area contributed by atoms with E-state index in [2.05, 4.69) is 9.28 Å². The predicted octanol–water partition coefficient (Wildman–Crippen LogP) is 2.52. The summed E-state index contributed by atoms with van der Waals surface area (Å²) in [6, 6.07) is 6.24. The molecule has 0 saturated carbocycles. The Morgan fingerprint density at radius 3 is 2.24 bits per heavy atom. The lowest BCUT2D eigenvalue weighted by Gasteiger charge is -2.04. The number of hydrogen-bond donors (Lipinski definition) is 0. The quantitative estimate of drug-likeness (QED) is 0.815. The second-order valence-corrected chi connectivity index (χ2v) is 5.89. The van der Waals surface area contributed by atoms with E-state index in [1.54, 1.807) is 19.1 Å². The second-order valence-electron chi connectivity index (χ2n) is 4.34. The van der Waals surface area contributed by atoms with E-state index in [0.29, 0.717) is 10.7 Å². The van der Waals surface area contributed by atoms with Gasteiger partial charge in [0.05, 0.1) is 0 Å². The fourth-order valence-electron chi connectivity index (χ4n) is 1.61. The monoisotopic (exact) mass is 320 g/mol. The number of benzene rings is 1. The number of hydrogen-bond acceptors (Lipinski definition) is 4. The van der Waals surface area contributed by atoms with Crippen LogP contribution in [0, 0.1) is 6.92 Å². The van der Waals surface area contributed by atoms with Crippen molar-refractivity contribution in [1.82, 2.24) is 9.78 Å². The van der Waals surface area contributed by atoms with E-state index in [4.69, 9.17) is 0 Å². The number of rotatable bonds is 3. The van der Waals surface area contributed by atoms with Crippen molar-refractivity contribution in [2.75, 3.05) is 0 Å². The van der Waals surface area contributed by atoms with Crippen LogP contribution in [0.4, 0.5) is 13.2 Å². The number of halogens is 3. The molecule has 9 heteroatoms. The number of nitrogens with zero attached hydrogens (tertiary/aromatic N) is 2. The van der Waals surface area contributed by atoms with Crippen LogP contribution >= 0.6 is 0 Å². The van der Waals surface area contributed by atoms with Crippen LogP contribution < -0.4 is 4.18 Å². The van der Waals surface area contributed by atoms with Crippen LogP contribution in [0.1, 0.15) is 11.3 Å². The molecule has 0 radical (unpaired) electrons. The van der Waals surface area contributed by atoms with E-state index < -0.39 is 27.9 Å². The zero-order valence-electron chi connectivity index (χ0n) is 11.0. The van der Waals surface area contributed by atoms with Crippen molar-refractivity contribution in [3.8, 4) is 5.88 Å². The highest BCUT2D eigenvalue weighted by molar-refractivity contribution is 7.87. The zero-order chi connectivity index (χ0) is 15.8. The summed E-state index contributed by atoms with van der Waals surface area (Å²) in [4.78, 5) is -0.160. The Kier molecular flexibility index (Phi) is 3.70. The topological polar surface area (TPSA) is 61.2 Å². The molecule has 0 aliphatic rings. The van der Waals surface area contributed by atoms with Crippen molar-refractivity contribution in [3.63, 3.8) is 0 Å². The number of alkyl halides is 3. The highest BCUT2D eigenvalue weighted by atomic mass is 32.2. The van der Waals surface area contributed by atoms with Gasteiger partial charge < -0.3 is 4.18 Å². The van der Waals surface area contributed by atoms with Crippen LogP contribution in [0.2, 0.25) is 0 Å². The SMILES string of the molecule is Cc1ccc(S(=O)(=O)Oc2cc(C(F)(F)F)n(C)n2)cc1. The van der Waals surface area contributed by atoms with Gasteiger partial charge in [0, 0.05) is 13.1 Å². The Morgan fingerprint density at radius 1 is 1.19 bits per heavy atom. The first-order valence-electron chi connectivity index (χ1n) is 5.72. The average Bonchev–Trinajstić information content (AvgIpc) is 2.69. The minimum Gasteiger partial charge on any atom is -0.357 e. The molecule has 0 aliphatic carbocycles. The molecular weight excluding hydrogens is 309 g/mol. The number of aromatic nitrogens is 2. The van der Waals surface area contributed by atoms with E-state index in [0.717, 1.165) is 12.6 Å². The molecule has 114 valence electrons. The van der Waals surface area contributed by atoms with Crippen LogP contribution in [0.3, 0.4) is 0 Å². The van der Waals surface area contributed by atoms with Crippen molar-refractivity contribution in [1.29, 1.82) is 0 Å². The predicted molar refractivity (Wildman–Crippen MR) is 67.2 cm³/mol. The molecule has 1 aromatic heterocycles. The van der Waals surface area contributed by atoms with Crippen LogP contribution in [0.15, 0.2) is 35.2 Å². The maximum absolute atomic E-state index is 12.6. The molecule has 0 aliphatic heterocycles. The lowest BCUT2D eigenvalue weighted by atomic mass is 10.2. The van der Waals surface area contributed by atoms with E-state index in [1.807, 2.05) is 0 Å². The summed E-state index contributed by atoms with van der Waals surface area (Å²) >= 11 is 0. The molecule has 2 aromatic rings. The smallest absolute Gasteiger partial charge is 0.357 e. The van der Waals surface area contributed by atoms with Gasteiger partial charge in [-0.25, -0.2) is 0 Å². The fourth-order valence-corrected chi connectivity index (χ4v) is 2.48. The summed E-state index contributed by atoms with van der Waals surface area (Å²) in [7, 11) is -3.17. The molecule has 5 nitrogen and oxygen atoms in total. The summed E-state index contributed by atoms with van der Waals surface area (Å²) in [5.41, 5.74) is -0.261. The first kappa shape index (κ1) is 15.4. The van der Waals surface area contributed by atoms with Gasteiger partial charge in [-0.3, -0.25) is 4.68 Å². The van der Waals surface area contributed by atoms with Crippen LogP contribution in [0.25, 0.3) is 0 Å². The number of aryl methyl sites for hydroxylation is 2. The molecule has 0 amide bonds. The third-order valence-corrected chi connectivity index (χ3v) is 3.89. The highest BCUT2D eigenvalue weighted by Gasteiger charge is 2.36. The van der Waals surface area contributed by atoms with Crippen molar-refractivity contribution in [2.45, 2.75) is 18.0 Å². The Morgan fingerprint density at radius 2 is 1.76 bits per heavy atom. The van der Waals surface area contributed by atoms with Crippen molar-refractivity contribution >= 4 is 10.1 Å². The van der Waals surface area contributed by atoms with Crippen LogP contribution in [-0.2, 0) is 23.3 Å². The van der Waals surface area contributed by atoms with E-state index in [-0.39, 0.29) is 4.90 Å². The molecule has 2 rings (SSSR count). The Hall–Kier alpha value is -2.03. The molecule has 0 unspecified atom stereocenters. The van der Waals surface area contributed by atoms with Gasteiger partial charge in [-0.15, -0.1) is 5.10 Å². The highest BCUT2D eigenvalue weighted by Crippen LogP contribution is 2.31. The average molecular weight is 320 g/mol. The molecule has 0 N–H and O–H groups in total. The minimum absolute atomic E-state index is 0.160. The summed E-state index contributed by atoms with van der Waals surface area (Å²) in [6.07, 6.45) is -4.64. The third-order valence-electron chi connectivity index (χ3n) is 2.65. The summed E-state index contributed by atoms with van der Waals surface area (Å²) < 4.78 is 66.8. The zero-order valence-corrected chi connectivity index (χ0v) is 11.9. The summed E-state index contributed by atoms with van der Waals surface area (Å²) in [5.74, 6) is -0.634. The standard InChI is InChI=1S/C12H11F3N2O3S/c1-8-3-5-9(6-4-8)21(18,19)20-11-7-10(12(13,14)15)17(2)16-11/h3-7H,1-2H3. The largest absolute Gasteiger partial charge is 0.433 e. The molecule has 1 aromatic carbocycles. The molecule has 0 bridgehead atoms. The van der Waals surface area contributed by atoms with Crippen LogP contribution in [0.5, 0.6) is 5.88 Å². The van der Waals surface area contributed by atoms with Crippen LogP contribution in [-0.4, -0.2) is 18.2 Å². The van der Waals surface area contributed by atoms with Gasteiger partial charge >= 0.3 is 16.3 Å². The maximum Gasteiger partial charge on any atom is 0.433 e. The molecule has 21 heavy (non-hydrogen) atoms. The van der Waals surface area contributed by atoms with Gasteiger partial charge in [-0.1, -0.05) is 17.7 Å². The Labute approximate surface area is 119 Å². The Balaban J connectivity index is 2.31. The van der Waals surface area contributed by atoms with E-state index >= 15 is 0 Å². The lowest BCUT2D eigenvalue weighted by molar-refractivity contribution is -0.143. The molecular formula is C12H11F3N2O3S. The molecule has 0 atom stereocenters. The molecule has 0 spiro atoms. The van der Waals surface area contributed by atoms with Gasteiger partial charge in [0.25, 0.3) is 5.88 Å². The fraction of sp³-hybridized carbons (Fsp3) is 0.250. The normalized spacial score (nSPS) is 12.4. The summed E-state index contributed by atoms with van der Waals surface area (Å²) in [5, 5.41) is 3.40. The van der Waals surface area contributed by atoms with Crippen molar-refractivity contribution in [2.24, 2.45) is 7.05 Å². The minimum atomic E-state index is -4.64. The third kappa shape index (κ3) is 3.35. The summed E-state index contributed by atoms with van der Waals surface area (Å²) in [6.45, 7) is 1.77. The molecule has 0 saturated heterocycles. The van der Waals surface area contributed by atoms with E-state index in [9.17, 15) is 21.6 Å². The van der Waals surface area contributed by atoms with Gasteiger partial charge in [-0.2, -0.15) is 21.6 Å². The van der Waals surface area contributed by atoms with Crippen molar-refractivity contribution < 1.29 is 25.8 Å². The molecule has 0 fully saturated rings. The second kappa shape index (κ2) is 5.06. The van der Waals surface area contributed by atoms with Gasteiger partial charge in [0.2, 0.25) is 0 Å². The molecule has 1 heterocycles. The van der Waals surface area contributed by atoms with Gasteiger partial charge in [0.1, 0.15) is 10.6 Å². The lowest BCUT2D eigenvalue weighted by Crippen LogP contribution is -2.11. The van der Waals surface area contributed by atoms with E-state index in [1.165, 1.54) is 12.1 Å². The first-order chi connectivity index (χ1) is 9.59. The van der Waals surface area contributed by atoms with Gasteiger partial charge in [0.15, 0.2) is 0 Å². The van der Waals surface area contributed by atoms with Gasteiger partial charge in [-0.05, 0) is 19.1 Å². The first-order valence-corrected chi connectivity index (χ1v) is 7.13. The Bertz CT molecular complexity index is 749. The maximum atomic E-state index is 12.6.